The molecule has 2 heteroatoms. The van der Waals surface area contributed by atoms with Crippen LogP contribution in [0.25, 0.3) is 0 Å². The molecule has 0 N–H and O–H groups in total. The molecule has 1 aliphatic carbocycles. The third kappa shape index (κ3) is 1.94. The number of rotatable bonds is 3. The van der Waals surface area contributed by atoms with E-state index in [-0.39, 0.29) is 6.29 Å². The molecular weight excluding hydrogens is 140 g/mol. The summed E-state index contributed by atoms with van der Waals surface area (Å²) in [6.07, 6.45) is 5.50. The SMILES string of the molecule is CCC1COC(CC2CC2)O1. The Kier molecular flexibility index (Phi) is 2.14. The van der Waals surface area contributed by atoms with Crippen molar-refractivity contribution in [3.63, 3.8) is 0 Å². The number of hydrogen-bond acceptors (Lipinski definition) is 2. The van der Waals surface area contributed by atoms with Gasteiger partial charge in [0.2, 0.25) is 0 Å². The molecule has 2 fully saturated rings. The molecule has 2 aliphatic rings. The van der Waals surface area contributed by atoms with Crippen molar-refractivity contribution >= 4 is 0 Å². The fraction of sp³-hybridized carbons (Fsp3) is 1.00. The maximum Gasteiger partial charge on any atom is 0.158 e. The molecule has 64 valence electrons. The van der Waals surface area contributed by atoms with Gasteiger partial charge in [-0.25, -0.2) is 0 Å². The standard InChI is InChI=1S/C9H16O2/c1-2-8-6-10-9(11-8)5-7-3-4-7/h7-9H,2-6H2,1H3. The third-order valence-corrected chi connectivity index (χ3v) is 2.49. The van der Waals surface area contributed by atoms with E-state index in [9.17, 15) is 0 Å². The third-order valence-electron chi connectivity index (χ3n) is 2.49. The van der Waals surface area contributed by atoms with Crippen LogP contribution in [0.3, 0.4) is 0 Å². The molecule has 0 aromatic rings. The average Bonchev–Trinajstić information content (AvgIpc) is 2.68. The Hall–Kier alpha value is -0.0800. The summed E-state index contributed by atoms with van der Waals surface area (Å²) in [6, 6.07) is 0. The van der Waals surface area contributed by atoms with Crippen molar-refractivity contribution in [1.29, 1.82) is 0 Å². The highest BCUT2D eigenvalue weighted by molar-refractivity contribution is 4.76. The van der Waals surface area contributed by atoms with E-state index in [4.69, 9.17) is 9.47 Å². The molecule has 0 radical (unpaired) electrons. The predicted molar refractivity (Wildman–Crippen MR) is 42.2 cm³/mol. The second-order valence-corrected chi connectivity index (χ2v) is 3.61. The molecule has 2 atom stereocenters. The van der Waals surface area contributed by atoms with Crippen LogP contribution in [-0.2, 0) is 9.47 Å². The first-order chi connectivity index (χ1) is 5.38. The molecule has 0 bridgehead atoms. The fourth-order valence-corrected chi connectivity index (χ4v) is 1.47. The molecular formula is C9H16O2. The van der Waals surface area contributed by atoms with E-state index >= 15 is 0 Å². The van der Waals surface area contributed by atoms with Crippen molar-refractivity contribution < 1.29 is 9.47 Å². The Morgan fingerprint density at radius 3 is 2.73 bits per heavy atom. The van der Waals surface area contributed by atoms with Crippen LogP contribution in [0.2, 0.25) is 0 Å². The minimum atomic E-state index is 0.132. The molecule has 2 nitrogen and oxygen atoms in total. The zero-order chi connectivity index (χ0) is 7.68. The normalized spacial score (nSPS) is 37.9. The lowest BCUT2D eigenvalue weighted by Crippen LogP contribution is -2.11. The van der Waals surface area contributed by atoms with Gasteiger partial charge in [-0.15, -0.1) is 0 Å². The van der Waals surface area contributed by atoms with E-state index < -0.39 is 0 Å². The number of ether oxygens (including phenoxy) is 2. The summed E-state index contributed by atoms with van der Waals surface area (Å²) in [4.78, 5) is 0. The van der Waals surface area contributed by atoms with Crippen LogP contribution in [0.5, 0.6) is 0 Å². The van der Waals surface area contributed by atoms with Gasteiger partial charge < -0.3 is 9.47 Å². The largest absolute Gasteiger partial charge is 0.350 e. The molecule has 1 heterocycles. The Morgan fingerprint density at radius 2 is 2.18 bits per heavy atom. The van der Waals surface area contributed by atoms with E-state index in [1.807, 2.05) is 0 Å². The van der Waals surface area contributed by atoms with Gasteiger partial charge in [-0.1, -0.05) is 6.92 Å². The van der Waals surface area contributed by atoms with Crippen LogP contribution in [0.4, 0.5) is 0 Å². The maximum atomic E-state index is 5.64. The molecule has 11 heavy (non-hydrogen) atoms. The van der Waals surface area contributed by atoms with Crippen LogP contribution in [0.15, 0.2) is 0 Å². The highest BCUT2D eigenvalue weighted by atomic mass is 16.7. The van der Waals surface area contributed by atoms with Crippen molar-refractivity contribution in [2.24, 2.45) is 5.92 Å². The summed E-state index contributed by atoms with van der Waals surface area (Å²) in [5.41, 5.74) is 0. The fourth-order valence-electron chi connectivity index (χ4n) is 1.47. The van der Waals surface area contributed by atoms with Crippen LogP contribution in [0, 0.1) is 5.92 Å². The first kappa shape index (κ1) is 7.56. The van der Waals surface area contributed by atoms with Crippen molar-refractivity contribution in [3.05, 3.63) is 0 Å². The lowest BCUT2D eigenvalue weighted by Gasteiger charge is -2.08. The van der Waals surface area contributed by atoms with Gasteiger partial charge in [-0.3, -0.25) is 0 Å². The van der Waals surface area contributed by atoms with E-state index in [0.717, 1.165) is 25.4 Å². The summed E-state index contributed by atoms with van der Waals surface area (Å²) in [6.45, 7) is 2.96. The molecule has 1 saturated heterocycles. The molecule has 0 aromatic heterocycles. The molecule has 2 rings (SSSR count). The van der Waals surface area contributed by atoms with Gasteiger partial charge in [0, 0.05) is 6.42 Å². The molecule has 1 aliphatic heterocycles. The molecule has 0 aromatic carbocycles. The topological polar surface area (TPSA) is 18.5 Å². The summed E-state index contributed by atoms with van der Waals surface area (Å²) < 4.78 is 11.1. The molecule has 2 unspecified atom stereocenters. The number of hydrogen-bond donors (Lipinski definition) is 0. The van der Waals surface area contributed by atoms with Crippen molar-refractivity contribution in [2.45, 2.75) is 45.0 Å². The zero-order valence-corrected chi connectivity index (χ0v) is 7.08. The van der Waals surface area contributed by atoms with Gasteiger partial charge >= 0.3 is 0 Å². The highest BCUT2D eigenvalue weighted by Gasteiger charge is 2.31. The van der Waals surface area contributed by atoms with Gasteiger partial charge in [0.05, 0.1) is 12.7 Å². The minimum Gasteiger partial charge on any atom is -0.350 e. The van der Waals surface area contributed by atoms with E-state index in [2.05, 4.69) is 6.92 Å². The minimum absolute atomic E-state index is 0.132. The highest BCUT2D eigenvalue weighted by Crippen LogP contribution is 2.35. The molecule has 0 spiro atoms. The Morgan fingerprint density at radius 1 is 1.36 bits per heavy atom. The lowest BCUT2D eigenvalue weighted by molar-refractivity contribution is -0.0654. The monoisotopic (exact) mass is 156 g/mol. The van der Waals surface area contributed by atoms with Gasteiger partial charge in [0.15, 0.2) is 6.29 Å². The van der Waals surface area contributed by atoms with Crippen molar-refractivity contribution in [3.8, 4) is 0 Å². The van der Waals surface area contributed by atoms with Gasteiger partial charge in [0.25, 0.3) is 0 Å². The Balaban J connectivity index is 1.70. The zero-order valence-electron chi connectivity index (χ0n) is 7.08. The van der Waals surface area contributed by atoms with Crippen LogP contribution in [-0.4, -0.2) is 19.0 Å². The smallest absolute Gasteiger partial charge is 0.158 e. The first-order valence-electron chi connectivity index (χ1n) is 4.65. The van der Waals surface area contributed by atoms with Crippen LogP contribution >= 0.6 is 0 Å². The van der Waals surface area contributed by atoms with Gasteiger partial charge in [-0.05, 0) is 25.2 Å². The van der Waals surface area contributed by atoms with Gasteiger partial charge in [-0.2, -0.15) is 0 Å². The summed E-state index contributed by atoms with van der Waals surface area (Å²) >= 11 is 0. The van der Waals surface area contributed by atoms with Gasteiger partial charge in [0.1, 0.15) is 0 Å². The maximum absolute atomic E-state index is 5.64. The van der Waals surface area contributed by atoms with Crippen LogP contribution < -0.4 is 0 Å². The Labute approximate surface area is 67.9 Å². The predicted octanol–water partition coefficient (Wildman–Crippen LogP) is 1.94. The first-order valence-corrected chi connectivity index (χ1v) is 4.65. The lowest BCUT2D eigenvalue weighted by atomic mass is 10.3. The van der Waals surface area contributed by atoms with Crippen LogP contribution in [0.1, 0.15) is 32.6 Å². The summed E-state index contributed by atoms with van der Waals surface area (Å²) in [5, 5.41) is 0. The molecule has 1 saturated carbocycles. The molecule has 0 amide bonds. The van der Waals surface area contributed by atoms with Crippen molar-refractivity contribution in [2.75, 3.05) is 6.61 Å². The quantitative estimate of drug-likeness (QED) is 0.621. The van der Waals surface area contributed by atoms with E-state index in [1.165, 1.54) is 12.8 Å². The second kappa shape index (κ2) is 3.11. The van der Waals surface area contributed by atoms with E-state index in [1.54, 1.807) is 0 Å². The van der Waals surface area contributed by atoms with E-state index in [0.29, 0.717) is 6.10 Å². The Bertz CT molecular complexity index is 132. The van der Waals surface area contributed by atoms with Crippen molar-refractivity contribution in [1.82, 2.24) is 0 Å². The second-order valence-electron chi connectivity index (χ2n) is 3.61. The summed E-state index contributed by atoms with van der Waals surface area (Å²) in [7, 11) is 0. The average molecular weight is 156 g/mol. The summed E-state index contributed by atoms with van der Waals surface area (Å²) in [5.74, 6) is 0.913.